The molecule has 1 aromatic rings. The molecule has 0 unspecified atom stereocenters. The van der Waals surface area contributed by atoms with E-state index in [0.717, 1.165) is 24.6 Å². The van der Waals surface area contributed by atoms with Crippen molar-refractivity contribution >= 4 is 5.82 Å². The first-order valence-electron chi connectivity index (χ1n) is 4.93. The van der Waals surface area contributed by atoms with E-state index in [1.807, 2.05) is 13.2 Å². The number of nitrogens with zero attached hydrogens (tertiary/aromatic N) is 3. The minimum absolute atomic E-state index is 0.812. The number of rotatable bonds is 5. The molecule has 4 heteroatoms. The van der Waals surface area contributed by atoms with Gasteiger partial charge in [-0.1, -0.05) is 6.92 Å². The molecule has 0 atom stereocenters. The quantitative estimate of drug-likeness (QED) is 0.768. The first-order chi connectivity index (χ1) is 6.76. The van der Waals surface area contributed by atoms with Crippen LogP contribution in [0, 0.1) is 0 Å². The molecule has 0 aliphatic carbocycles. The predicted molar refractivity (Wildman–Crippen MR) is 58.2 cm³/mol. The van der Waals surface area contributed by atoms with Gasteiger partial charge in [-0.3, -0.25) is 4.98 Å². The maximum atomic E-state index is 4.31. The van der Waals surface area contributed by atoms with Gasteiger partial charge in [-0.05, 0) is 20.0 Å². The Balaban J connectivity index is 2.50. The van der Waals surface area contributed by atoms with Crippen LogP contribution in [-0.4, -0.2) is 35.5 Å². The summed E-state index contributed by atoms with van der Waals surface area (Å²) in [5.41, 5.74) is 1.01. The first-order valence-corrected chi connectivity index (χ1v) is 4.93. The Bertz CT molecular complexity index is 257. The average Bonchev–Trinajstić information content (AvgIpc) is 2.19. The Labute approximate surface area is 85.4 Å². The molecule has 0 fully saturated rings. The summed E-state index contributed by atoms with van der Waals surface area (Å²) < 4.78 is 0. The lowest BCUT2D eigenvalue weighted by Crippen LogP contribution is -2.19. The molecule has 0 aliphatic heterocycles. The van der Waals surface area contributed by atoms with Gasteiger partial charge < -0.3 is 10.2 Å². The van der Waals surface area contributed by atoms with Crippen LogP contribution in [-0.2, 0) is 6.54 Å². The van der Waals surface area contributed by atoms with Gasteiger partial charge in [0.2, 0.25) is 0 Å². The largest absolute Gasteiger partial charge is 0.372 e. The Morgan fingerprint density at radius 2 is 2.14 bits per heavy atom. The second-order valence-electron chi connectivity index (χ2n) is 3.38. The van der Waals surface area contributed by atoms with Crippen LogP contribution in [0.5, 0.6) is 0 Å². The molecule has 0 aromatic carbocycles. The predicted octanol–water partition coefficient (Wildman–Crippen LogP) is 1.36. The van der Waals surface area contributed by atoms with Crippen LogP contribution in [0.1, 0.15) is 19.0 Å². The fourth-order valence-electron chi connectivity index (χ4n) is 1.30. The number of hydrogen-bond acceptors (Lipinski definition) is 4. The standard InChI is InChI=1S/C10H18N4/c1-4-5-14(3)8-9-6-13-10(11-2)7-12-9/h6-7H,4-5,8H2,1-3H3,(H,11,13). The van der Waals surface area contributed by atoms with E-state index < -0.39 is 0 Å². The van der Waals surface area contributed by atoms with Gasteiger partial charge in [0.25, 0.3) is 0 Å². The SMILES string of the molecule is CCCN(C)Cc1cnc(NC)cn1. The summed E-state index contributed by atoms with van der Waals surface area (Å²) in [5, 5.41) is 2.95. The van der Waals surface area contributed by atoms with E-state index in [-0.39, 0.29) is 0 Å². The Hall–Kier alpha value is -1.16. The molecule has 0 saturated carbocycles. The van der Waals surface area contributed by atoms with Crippen molar-refractivity contribution in [3.63, 3.8) is 0 Å². The zero-order valence-electron chi connectivity index (χ0n) is 9.12. The maximum absolute atomic E-state index is 4.31. The third-order valence-electron chi connectivity index (χ3n) is 2.00. The second-order valence-corrected chi connectivity index (χ2v) is 3.38. The Kier molecular flexibility index (Phi) is 4.32. The Morgan fingerprint density at radius 1 is 1.36 bits per heavy atom. The van der Waals surface area contributed by atoms with Gasteiger partial charge >= 0.3 is 0 Å². The summed E-state index contributed by atoms with van der Waals surface area (Å²) in [6, 6.07) is 0. The summed E-state index contributed by atoms with van der Waals surface area (Å²) >= 11 is 0. The van der Waals surface area contributed by atoms with Gasteiger partial charge in [-0.25, -0.2) is 4.98 Å². The van der Waals surface area contributed by atoms with Gasteiger partial charge in [-0.2, -0.15) is 0 Å². The van der Waals surface area contributed by atoms with E-state index >= 15 is 0 Å². The molecule has 0 amide bonds. The van der Waals surface area contributed by atoms with E-state index in [2.05, 4.69) is 34.2 Å². The highest BCUT2D eigenvalue weighted by atomic mass is 15.1. The number of aromatic nitrogens is 2. The molecule has 78 valence electrons. The summed E-state index contributed by atoms with van der Waals surface area (Å²) in [4.78, 5) is 10.8. The van der Waals surface area contributed by atoms with Gasteiger partial charge in [0.1, 0.15) is 5.82 Å². The van der Waals surface area contributed by atoms with E-state index in [9.17, 15) is 0 Å². The van der Waals surface area contributed by atoms with E-state index in [1.54, 1.807) is 6.20 Å². The highest BCUT2D eigenvalue weighted by Crippen LogP contribution is 2.02. The van der Waals surface area contributed by atoms with E-state index in [4.69, 9.17) is 0 Å². The lowest BCUT2D eigenvalue weighted by molar-refractivity contribution is 0.323. The van der Waals surface area contributed by atoms with Crippen molar-refractivity contribution < 1.29 is 0 Å². The van der Waals surface area contributed by atoms with Crippen molar-refractivity contribution in [2.45, 2.75) is 19.9 Å². The molecule has 1 aromatic heterocycles. The first kappa shape index (κ1) is 10.9. The molecule has 4 nitrogen and oxygen atoms in total. The molecule has 0 spiro atoms. The fourth-order valence-corrected chi connectivity index (χ4v) is 1.30. The van der Waals surface area contributed by atoms with Crippen molar-refractivity contribution in [1.82, 2.24) is 14.9 Å². The maximum Gasteiger partial charge on any atom is 0.144 e. The van der Waals surface area contributed by atoms with E-state index in [0.29, 0.717) is 0 Å². The lowest BCUT2D eigenvalue weighted by atomic mass is 10.4. The summed E-state index contributed by atoms with van der Waals surface area (Å²) in [6.45, 7) is 4.13. The van der Waals surface area contributed by atoms with Crippen LogP contribution in [0.15, 0.2) is 12.4 Å². The van der Waals surface area contributed by atoms with Gasteiger partial charge in [-0.15, -0.1) is 0 Å². The minimum atomic E-state index is 0.812. The average molecular weight is 194 g/mol. The van der Waals surface area contributed by atoms with Crippen LogP contribution in [0.3, 0.4) is 0 Å². The monoisotopic (exact) mass is 194 g/mol. The van der Waals surface area contributed by atoms with Crippen molar-refractivity contribution in [2.75, 3.05) is 26.0 Å². The summed E-state index contributed by atoms with van der Waals surface area (Å²) in [7, 11) is 3.93. The summed E-state index contributed by atoms with van der Waals surface area (Å²) in [5.74, 6) is 0.812. The molecule has 0 saturated heterocycles. The highest BCUT2D eigenvalue weighted by molar-refractivity contribution is 5.29. The number of nitrogens with one attached hydrogen (secondary N) is 1. The highest BCUT2D eigenvalue weighted by Gasteiger charge is 2.00. The lowest BCUT2D eigenvalue weighted by Gasteiger charge is -2.14. The molecule has 1 heterocycles. The van der Waals surface area contributed by atoms with Crippen LogP contribution >= 0.6 is 0 Å². The van der Waals surface area contributed by atoms with Crippen molar-refractivity contribution in [2.24, 2.45) is 0 Å². The topological polar surface area (TPSA) is 41.1 Å². The number of anilines is 1. The van der Waals surface area contributed by atoms with Crippen LogP contribution in [0.4, 0.5) is 5.82 Å². The molecule has 14 heavy (non-hydrogen) atoms. The molecule has 0 aliphatic rings. The summed E-state index contributed by atoms with van der Waals surface area (Å²) in [6.07, 6.45) is 4.74. The van der Waals surface area contributed by atoms with Crippen molar-refractivity contribution in [3.05, 3.63) is 18.1 Å². The van der Waals surface area contributed by atoms with Crippen LogP contribution in [0.25, 0.3) is 0 Å². The zero-order valence-corrected chi connectivity index (χ0v) is 9.12. The molecule has 1 N–H and O–H groups in total. The van der Waals surface area contributed by atoms with Crippen LogP contribution < -0.4 is 5.32 Å². The minimum Gasteiger partial charge on any atom is -0.372 e. The van der Waals surface area contributed by atoms with E-state index in [1.165, 1.54) is 6.42 Å². The molecular formula is C10H18N4. The molecular weight excluding hydrogens is 176 g/mol. The van der Waals surface area contributed by atoms with Crippen molar-refractivity contribution in [3.8, 4) is 0 Å². The third kappa shape index (κ3) is 3.30. The van der Waals surface area contributed by atoms with Crippen molar-refractivity contribution in [1.29, 1.82) is 0 Å². The number of hydrogen-bond donors (Lipinski definition) is 1. The fraction of sp³-hybridized carbons (Fsp3) is 0.600. The second kappa shape index (κ2) is 5.54. The molecule has 0 bridgehead atoms. The molecule has 1 rings (SSSR count). The van der Waals surface area contributed by atoms with Gasteiger partial charge in [0.05, 0.1) is 18.1 Å². The normalized spacial score (nSPS) is 10.6. The van der Waals surface area contributed by atoms with Crippen LogP contribution in [0.2, 0.25) is 0 Å². The molecule has 0 radical (unpaired) electrons. The van der Waals surface area contributed by atoms with Gasteiger partial charge in [0, 0.05) is 13.6 Å². The Morgan fingerprint density at radius 3 is 2.64 bits per heavy atom. The third-order valence-corrected chi connectivity index (χ3v) is 2.00. The zero-order chi connectivity index (χ0) is 10.4. The smallest absolute Gasteiger partial charge is 0.144 e. The van der Waals surface area contributed by atoms with Gasteiger partial charge in [0.15, 0.2) is 0 Å².